The second kappa shape index (κ2) is 3.37. The quantitative estimate of drug-likeness (QED) is 0.744. The Kier molecular flexibility index (Phi) is 2.06. The van der Waals surface area contributed by atoms with Crippen LogP contribution in [0.3, 0.4) is 0 Å². The minimum Gasteiger partial charge on any atom is -0.364 e. The van der Waals surface area contributed by atoms with Crippen LogP contribution in [-0.2, 0) is 6.54 Å². The average molecular weight is 175 g/mol. The summed E-state index contributed by atoms with van der Waals surface area (Å²) < 4.78 is 4.84. The van der Waals surface area contributed by atoms with Gasteiger partial charge in [-0.3, -0.25) is 4.98 Å². The molecule has 4 nitrogen and oxygen atoms in total. The summed E-state index contributed by atoms with van der Waals surface area (Å²) in [5, 5.41) is 3.87. The predicted octanol–water partition coefficient (Wildman–Crippen LogP) is 1.20. The van der Waals surface area contributed by atoms with E-state index < -0.39 is 0 Å². The Morgan fingerprint density at radius 1 is 1.31 bits per heavy atom. The maximum Gasteiger partial charge on any atom is 0.128 e. The molecular formula is C9H9N3O. The van der Waals surface area contributed by atoms with Crippen molar-refractivity contribution in [1.29, 1.82) is 0 Å². The van der Waals surface area contributed by atoms with Gasteiger partial charge in [-0.15, -0.1) is 0 Å². The van der Waals surface area contributed by atoms with Crippen molar-refractivity contribution in [2.75, 3.05) is 0 Å². The van der Waals surface area contributed by atoms with Crippen LogP contribution in [0.5, 0.6) is 0 Å². The van der Waals surface area contributed by atoms with E-state index in [0.717, 1.165) is 16.8 Å². The van der Waals surface area contributed by atoms with Crippen LogP contribution in [0.15, 0.2) is 35.3 Å². The van der Waals surface area contributed by atoms with Crippen LogP contribution in [-0.4, -0.2) is 10.1 Å². The Morgan fingerprint density at radius 3 is 2.77 bits per heavy atom. The van der Waals surface area contributed by atoms with Gasteiger partial charge in [0, 0.05) is 30.1 Å². The topological polar surface area (TPSA) is 64.9 Å². The van der Waals surface area contributed by atoms with Crippen molar-refractivity contribution in [3.8, 4) is 11.3 Å². The fourth-order valence-electron chi connectivity index (χ4n) is 1.15. The lowest BCUT2D eigenvalue weighted by atomic mass is 10.1. The van der Waals surface area contributed by atoms with Gasteiger partial charge in [-0.25, -0.2) is 0 Å². The Morgan fingerprint density at radius 2 is 2.08 bits per heavy atom. The molecule has 4 heteroatoms. The monoisotopic (exact) mass is 175 g/mol. The first-order chi connectivity index (χ1) is 6.42. The summed E-state index contributed by atoms with van der Waals surface area (Å²) in [6.45, 7) is 0.432. The SMILES string of the molecule is NCc1conc1-c1ccncc1. The highest BCUT2D eigenvalue weighted by Crippen LogP contribution is 2.20. The van der Waals surface area contributed by atoms with Crippen molar-refractivity contribution < 1.29 is 4.52 Å². The van der Waals surface area contributed by atoms with E-state index in [1.807, 2.05) is 12.1 Å². The van der Waals surface area contributed by atoms with Crippen LogP contribution in [0.2, 0.25) is 0 Å². The smallest absolute Gasteiger partial charge is 0.128 e. The lowest BCUT2D eigenvalue weighted by Crippen LogP contribution is -1.96. The zero-order chi connectivity index (χ0) is 9.10. The first-order valence-electron chi connectivity index (χ1n) is 3.95. The summed E-state index contributed by atoms with van der Waals surface area (Å²) >= 11 is 0. The van der Waals surface area contributed by atoms with E-state index in [1.54, 1.807) is 18.7 Å². The average Bonchev–Trinajstić information content (AvgIpc) is 2.67. The molecule has 2 aromatic rings. The molecule has 0 aliphatic carbocycles. The second-order valence-electron chi connectivity index (χ2n) is 2.63. The van der Waals surface area contributed by atoms with Crippen molar-refractivity contribution in [3.63, 3.8) is 0 Å². The van der Waals surface area contributed by atoms with E-state index in [0.29, 0.717) is 6.54 Å². The number of rotatable bonds is 2. The van der Waals surface area contributed by atoms with Crippen LogP contribution >= 0.6 is 0 Å². The summed E-state index contributed by atoms with van der Waals surface area (Å²) in [4.78, 5) is 3.92. The third kappa shape index (κ3) is 1.43. The summed E-state index contributed by atoms with van der Waals surface area (Å²) in [5.41, 5.74) is 8.20. The third-order valence-electron chi connectivity index (χ3n) is 1.82. The van der Waals surface area contributed by atoms with Crippen LogP contribution in [0, 0.1) is 0 Å². The van der Waals surface area contributed by atoms with Crippen molar-refractivity contribution in [1.82, 2.24) is 10.1 Å². The highest BCUT2D eigenvalue weighted by atomic mass is 16.5. The first kappa shape index (κ1) is 7.94. The Hall–Kier alpha value is -1.68. The van der Waals surface area contributed by atoms with Crippen LogP contribution in [0.4, 0.5) is 0 Å². The van der Waals surface area contributed by atoms with Crippen LogP contribution < -0.4 is 5.73 Å². The molecule has 0 saturated carbocycles. The minimum atomic E-state index is 0.432. The summed E-state index contributed by atoms with van der Waals surface area (Å²) in [7, 11) is 0. The van der Waals surface area contributed by atoms with Crippen LogP contribution in [0.1, 0.15) is 5.56 Å². The molecule has 13 heavy (non-hydrogen) atoms. The fraction of sp³-hybridized carbons (Fsp3) is 0.111. The molecule has 0 aliphatic rings. The van der Waals surface area contributed by atoms with Gasteiger partial charge in [-0.1, -0.05) is 5.16 Å². The highest BCUT2D eigenvalue weighted by molar-refractivity contribution is 5.61. The second-order valence-corrected chi connectivity index (χ2v) is 2.63. The molecule has 2 heterocycles. The van der Waals surface area contributed by atoms with Gasteiger partial charge in [0.1, 0.15) is 12.0 Å². The van der Waals surface area contributed by atoms with Crippen molar-refractivity contribution >= 4 is 0 Å². The van der Waals surface area contributed by atoms with Gasteiger partial charge in [0.25, 0.3) is 0 Å². The molecule has 2 aromatic heterocycles. The Bertz CT molecular complexity index is 383. The zero-order valence-electron chi connectivity index (χ0n) is 6.97. The van der Waals surface area contributed by atoms with Crippen molar-refractivity contribution in [2.45, 2.75) is 6.54 Å². The molecule has 0 fully saturated rings. The molecule has 0 bridgehead atoms. The summed E-state index contributed by atoms with van der Waals surface area (Å²) in [6.07, 6.45) is 4.99. The van der Waals surface area contributed by atoms with E-state index >= 15 is 0 Å². The standard InChI is InChI=1S/C9H9N3O/c10-5-8-6-13-12-9(8)7-1-3-11-4-2-7/h1-4,6H,5,10H2. The van der Waals surface area contributed by atoms with Gasteiger partial charge in [0.2, 0.25) is 0 Å². The van der Waals surface area contributed by atoms with E-state index in [-0.39, 0.29) is 0 Å². The Labute approximate surface area is 75.4 Å². The van der Waals surface area contributed by atoms with Crippen LogP contribution in [0.25, 0.3) is 11.3 Å². The van der Waals surface area contributed by atoms with Gasteiger partial charge < -0.3 is 10.3 Å². The van der Waals surface area contributed by atoms with Gasteiger partial charge >= 0.3 is 0 Å². The number of hydrogen-bond donors (Lipinski definition) is 1. The zero-order valence-corrected chi connectivity index (χ0v) is 6.97. The molecule has 2 rings (SSSR count). The largest absolute Gasteiger partial charge is 0.364 e. The number of hydrogen-bond acceptors (Lipinski definition) is 4. The van der Waals surface area contributed by atoms with Gasteiger partial charge in [-0.2, -0.15) is 0 Å². The summed E-state index contributed by atoms with van der Waals surface area (Å²) in [5.74, 6) is 0. The van der Waals surface area contributed by atoms with E-state index in [9.17, 15) is 0 Å². The number of nitrogens with two attached hydrogens (primary N) is 1. The molecule has 0 radical (unpaired) electrons. The number of pyridine rings is 1. The summed E-state index contributed by atoms with van der Waals surface area (Å²) in [6, 6.07) is 3.74. The third-order valence-corrected chi connectivity index (χ3v) is 1.82. The molecule has 0 amide bonds. The first-order valence-corrected chi connectivity index (χ1v) is 3.95. The molecule has 0 aromatic carbocycles. The van der Waals surface area contributed by atoms with E-state index in [2.05, 4.69) is 10.1 Å². The van der Waals surface area contributed by atoms with E-state index in [4.69, 9.17) is 10.3 Å². The Balaban J connectivity index is 2.47. The lowest BCUT2D eigenvalue weighted by Gasteiger charge is -1.96. The van der Waals surface area contributed by atoms with Crippen molar-refractivity contribution in [2.24, 2.45) is 5.73 Å². The molecule has 0 aliphatic heterocycles. The van der Waals surface area contributed by atoms with E-state index in [1.165, 1.54) is 0 Å². The molecule has 0 spiro atoms. The van der Waals surface area contributed by atoms with Crippen molar-refractivity contribution in [3.05, 3.63) is 36.4 Å². The molecule has 0 saturated heterocycles. The van der Waals surface area contributed by atoms with Gasteiger partial charge in [0.05, 0.1) is 0 Å². The number of aromatic nitrogens is 2. The molecule has 66 valence electrons. The maximum atomic E-state index is 5.52. The molecule has 0 atom stereocenters. The van der Waals surface area contributed by atoms with Gasteiger partial charge in [0.15, 0.2) is 0 Å². The normalized spacial score (nSPS) is 10.2. The maximum absolute atomic E-state index is 5.52. The molecular weight excluding hydrogens is 166 g/mol. The lowest BCUT2D eigenvalue weighted by molar-refractivity contribution is 0.421. The molecule has 0 unspecified atom stereocenters. The fourth-order valence-corrected chi connectivity index (χ4v) is 1.15. The minimum absolute atomic E-state index is 0.432. The predicted molar refractivity (Wildman–Crippen MR) is 47.6 cm³/mol. The van der Waals surface area contributed by atoms with Gasteiger partial charge in [-0.05, 0) is 12.1 Å². The number of nitrogens with zero attached hydrogens (tertiary/aromatic N) is 2. The molecule has 2 N–H and O–H groups in total. The highest BCUT2D eigenvalue weighted by Gasteiger charge is 2.07.